The van der Waals surface area contributed by atoms with Gasteiger partial charge in [-0.25, -0.2) is 9.67 Å². The maximum atomic E-state index is 12.2. The molecular weight excluding hydrogens is 368 g/mol. The predicted octanol–water partition coefficient (Wildman–Crippen LogP) is 3.49. The Bertz CT molecular complexity index is 872. The Balaban J connectivity index is 1.53. The third kappa shape index (κ3) is 4.89. The van der Waals surface area contributed by atoms with Crippen LogP contribution in [0.3, 0.4) is 0 Å². The third-order valence-corrected chi connectivity index (χ3v) is 5.41. The summed E-state index contributed by atoms with van der Waals surface area (Å²) in [6, 6.07) is 7.95. The van der Waals surface area contributed by atoms with Crippen molar-refractivity contribution < 1.29 is 4.79 Å². The van der Waals surface area contributed by atoms with Gasteiger partial charge in [-0.2, -0.15) is 0 Å². The molecule has 0 spiro atoms. The maximum absolute atomic E-state index is 12.2. The van der Waals surface area contributed by atoms with E-state index in [1.807, 2.05) is 50.4 Å². The first kappa shape index (κ1) is 18.5. The molecule has 26 heavy (non-hydrogen) atoms. The lowest BCUT2D eigenvalue weighted by Crippen LogP contribution is -2.14. The van der Waals surface area contributed by atoms with E-state index in [0.29, 0.717) is 5.75 Å². The average molecular weight is 389 g/mol. The Morgan fingerprint density at radius 1 is 1.31 bits per heavy atom. The molecule has 0 aliphatic carbocycles. The number of nitrogens with one attached hydrogen (secondary N) is 1. The van der Waals surface area contributed by atoms with E-state index in [2.05, 4.69) is 25.8 Å². The van der Waals surface area contributed by atoms with Gasteiger partial charge in [0.15, 0.2) is 0 Å². The average Bonchev–Trinajstić information content (AvgIpc) is 3.24. The second kappa shape index (κ2) is 8.41. The molecule has 2 heterocycles. The minimum atomic E-state index is -0.0637. The van der Waals surface area contributed by atoms with E-state index in [1.54, 1.807) is 16.4 Å². The Morgan fingerprint density at radius 2 is 2.08 bits per heavy atom. The highest BCUT2D eigenvalue weighted by atomic mass is 32.2. The molecule has 0 fully saturated rings. The lowest BCUT2D eigenvalue weighted by atomic mass is 10.2. The van der Waals surface area contributed by atoms with E-state index in [1.165, 1.54) is 11.3 Å². The van der Waals surface area contributed by atoms with Crippen molar-refractivity contribution in [2.75, 3.05) is 5.32 Å². The Kier molecular flexibility index (Phi) is 6.00. The summed E-state index contributed by atoms with van der Waals surface area (Å²) in [5.74, 6) is 0.606. The van der Waals surface area contributed by atoms with Gasteiger partial charge < -0.3 is 5.32 Å². The van der Waals surface area contributed by atoms with Crippen LogP contribution >= 0.6 is 23.1 Å². The van der Waals surface area contributed by atoms with Crippen molar-refractivity contribution in [1.82, 2.24) is 25.2 Å². The number of thioether (sulfide) groups is 1. The van der Waals surface area contributed by atoms with Gasteiger partial charge in [0, 0.05) is 16.8 Å². The molecule has 3 rings (SSSR count). The van der Waals surface area contributed by atoms with E-state index in [-0.39, 0.29) is 18.4 Å². The first-order valence-electron chi connectivity index (χ1n) is 8.21. The molecule has 0 aliphatic heterocycles. The number of nitrogens with zero attached hydrogens (tertiary/aromatic N) is 5. The normalized spacial score (nSPS) is 11.1. The monoisotopic (exact) mass is 388 g/mol. The number of aromatic nitrogens is 5. The van der Waals surface area contributed by atoms with Gasteiger partial charge in [0.05, 0.1) is 18.2 Å². The van der Waals surface area contributed by atoms with E-state index >= 15 is 0 Å². The van der Waals surface area contributed by atoms with Crippen LogP contribution in [0.1, 0.15) is 36.2 Å². The largest absolute Gasteiger partial charge is 0.326 e. The van der Waals surface area contributed by atoms with Crippen molar-refractivity contribution in [2.24, 2.45) is 0 Å². The highest BCUT2D eigenvalue weighted by Gasteiger charge is 2.12. The molecule has 0 aliphatic rings. The number of thiazole rings is 1. The molecule has 1 amide bonds. The van der Waals surface area contributed by atoms with Gasteiger partial charge in [-0.15, -0.1) is 16.4 Å². The molecule has 0 unspecified atom stereocenters. The van der Waals surface area contributed by atoms with Gasteiger partial charge in [0.1, 0.15) is 5.01 Å². The summed E-state index contributed by atoms with van der Waals surface area (Å²) in [5, 5.41) is 18.2. The number of carbonyl (C=O) groups excluding carboxylic acids is 1. The van der Waals surface area contributed by atoms with Crippen LogP contribution in [0, 0.1) is 6.92 Å². The number of benzene rings is 1. The summed E-state index contributed by atoms with van der Waals surface area (Å²) >= 11 is 3.04. The highest BCUT2D eigenvalue weighted by molar-refractivity contribution is 7.98. The molecule has 2 aromatic heterocycles. The topological polar surface area (TPSA) is 85.6 Å². The number of anilines is 1. The number of tetrazole rings is 1. The molecule has 0 saturated carbocycles. The Labute approximate surface area is 160 Å². The molecule has 136 valence electrons. The zero-order valence-electron chi connectivity index (χ0n) is 14.8. The van der Waals surface area contributed by atoms with Crippen LogP contribution < -0.4 is 5.32 Å². The standard InChI is InChI=1S/C17H20N6OS2/c1-11(2)23-17(20-21-22-23)26-10-14-9-25-16(19-14)8-15(24)18-13-6-4-12(3)5-7-13/h4-7,9,11H,8,10H2,1-3H3,(H,18,24). The number of hydrogen-bond acceptors (Lipinski definition) is 7. The summed E-state index contributed by atoms with van der Waals surface area (Å²) in [5.41, 5.74) is 2.89. The maximum Gasteiger partial charge on any atom is 0.231 e. The lowest BCUT2D eigenvalue weighted by molar-refractivity contribution is -0.115. The highest BCUT2D eigenvalue weighted by Crippen LogP contribution is 2.23. The second-order valence-electron chi connectivity index (χ2n) is 6.11. The van der Waals surface area contributed by atoms with E-state index in [4.69, 9.17) is 0 Å². The summed E-state index contributed by atoms with van der Waals surface area (Å²) in [6.45, 7) is 6.09. The van der Waals surface area contributed by atoms with E-state index in [0.717, 1.165) is 27.1 Å². The molecule has 0 radical (unpaired) electrons. The summed E-state index contributed by atoms with van der Waals surface area (Å²) < 4.78 is 1.78. The number of carbonyl (C=O) groups is 1. The SMILES string of the molecule is Cc1ccc(NC(=O)Cc2nc(CSc3nnnn3C(C)C)cs2)cc1. The van der Waals surface area contributed by atoms with Gasteiger partial charge >= 0.3 is 0 Å². The van der Waals surface area contributed by atoms with E-state index in [9.17, 15) is 4.79 Å². The van der Waals surface area contributed by atoms with Crippen molar-refractivity contribution >= 4 is 34.7 Å². The molecule has 7 nitrogen and oxygen atoms in total. The fourth-order valence-electron chi connectivity index (χ4n) is 2.22. The van der Waals surface area contributed by atoms with Crippen LogP contribution in [0.25, 0.3) is 0 Å². The van der Waals surface area contributed by atoms with Crippen LogP contribution in [0.5, 0.6) is 0 Å². The minimum absolute atomic E-state index is 0.0637. The lowest BCUT2D eigenvalue weighted by Gasteiger charge is -2.06. The second-order valence-corrected chi connectivity index (χ2v) is 8.00. The smallest absolute Gasteiger partial charge is 0.231 e. The molecule has 1 N–H and O–H groups in total. The van der Waals surface area contributed by atoms with E-state index < -0.39 is 0 Å². The number of rotatable bonds is 7. The Morgan fingerprint density at radius 3 is 2.81 bits per heavy atom. The zero-order valence-corrected chi connectivity index (χ0v) is 16.5. The van der Waals surface area contributed by atoms with Crippen molar-refractivity contribution in [3.05, 3.63) is 45.9 Å². The van der Waals surface area contributed by atoms with Gasteiger partial charge in [0.2, 0.25) is 11.1 Å². The Hall–Kier alpha value is -2.26. The van der Waals surface area contributed by atoms with Crippen LogP contribution in [0.2, 0.25) is 0 Å². The first-order chi connectivity index (χ1) is 12.5. The fourth-order valence-corrected chi connectivity index (χ4v) is 4.02. The molecule has 1 aromatic carbocycles. The van der Waals surface area contributed by atoms with Crippen molar-refractivity contribution in [3.63, 3.8) is 0 Å². The van der Waals surface area contributed by atoms with Gasteiger partial charge in [-0.05, 0) is 43.3 Å². The van der Waals surface area contributed by atoms with Crippen molar-refractivity contribution in [3.8, 4) is 0 Å². The van der Waals surface area contributed by atoms with Gasteiger partial charge in [-0.3, -0.25) is 4.79 Å². The van der Waals surface area contributed by atoms with Crippen LogP contribution in [-0.2, 0) is 17.0 Å². The molecular formula is C17H20N6OS2. The molecule has 0 atom stereocenters. The molecule has 0 saturated heterocycles. The van der Waals surface area contributed by atoms with Crippen molar-refractivity contribution in [1.29, 1.82) is 0 Å². The summed E-state index contributed by atoms with van der Waals surface area (Å²) in [4.78, 5) is 16.7. The fraction of sp³-hybridized carbons (Fsp3) is 0.353. The molecule has 0 bridgehead atoms. The third-order valence-electron chi connectivity index (χ3n) is 3.55. The van der Waals surface area contributed by atoms with Gasteiger partial charge in [0.25, 0.3) is 0 Å². The number of hydrogen-bond donors (Lipinski definition) is 1. The number of amides is 1. The number of aryl methyl sites for hydroxylation is 1. The van der Waals surface area contributed by atoms with Crippen molar-refractivity contribution in [2.45, 2.75) is 44.1 Å². The summed E-state index contributed by atoms with van der Waals surface area (Å²) in [7, 11) is 0. The predicted molar refractivity (Wildman–Crippen MR) is 103 cm³/mol. The molecule has 3 aromatic rings. The zero-order chi connectivity index (χ0) is 18.5. The summed E-state index contributed by atoms with van der Waals surface area (Å²) in [6.07, 6.45) is 0.271. The quantitative estimate of drug-likeness (QED) is 0.624. The van der Waals surface area contributed by atoms with Gasteiger partial charge in [-0.1, -0.05) is 29.5 Å². The molecule has 9 heteroatoms. The van der Waals surface area contributed by atoms with Crippen LogP contribution in [-0.4, -0.2) is 31.1 Å². The van der Waals surface area contributed by atoms with Crippen LogP contribution in [0.15, 0.2) is 34.8 Å². The first-order valence-corrected chi connectivity index (χ1v) is 10.1. The van der Waals surface area contributed by atoms with Crippen LogP contribution in [0.4, 0.5) is 5.69 Å². The minimum Gasteiger partial charge on any atom is -0.326 e.